The van der Waals surface area contributed by atoms with Gasteiger partial charge in [-0.3, -0.25) is 24.1 Å². The maximum absolute atomic E-state index is 12.9. The molecule has 0 N–H and O–H groups in total. The molecule has 1 aliphatic carbocycles. The molecule has 2 aliphatic rings. The van der Waals surface area contributed by atoms with Crippen LogP contribution < -0.4 is 0 Å². The average molecular weight is 440 g/mol. The minimum absolute atomic E-state index is 0.102. The van der Waals surface area contributed by atoms with Crippen LogP contribution in [0.15, 0.2) is 48.1 Å². The first kappa shape index (κ1) is 23.4. The number of nitrogens with zero attached hydrogens (tertiary/aromatic N) is 1. The topological polar surface area (TPSA) is 90.0 Å². The van der Waals surface area contributed by atoms with Crippen molar-refractivity contribution >= 4 is 29.8 Å². The number of likely N-dealkylation sites (tertiary alicyclic amines) is 1. The maximum Gasteiger partial charge on any atom is 0.327 e. The predicted molar refractivity (Wildman–Crippen MR) is 118 cm³/mol. The van der Waals surface area contributed by atoms with Crippen molar-refractivity contribution in [3.63, 3.8) is 0 Å². The van der Waals surface area contributed by atoms with E-state index >= 15 is 0 Å². The van der Waals surface area contributed by atoms with E-state index in [2.05, 4.69) is 0 Å². The van der Waals surface area contributed by atoms with Crippen LogP contribution in [0.25, 0.3) is 6.08 Å². The minimum Gasteiger partial charge on any atom is -0.465 e. The van der Waals surface area contributed by atoms with Gasteiger partial charge in [-0.15, -0.1) is 0 Å². The number of imide groups is 1. The Balaban J connectivity index is 2.09. The molecule has 0 unspecified atom stereocenters. The van der Waals surface area contributed by atoms with Gasteiger partial charge in [0.05, 0.1) is 25.0 Å². The lowest BCUT2D eigenvalue weighted by molar-refractivity contribution is -0.168. The molecule has 7 nitrogen and oxygen atoms in total. The molecule has 7 heteroatoms. The normalized spacial score (nSPS) is 23.2. The molecule has 1 aliphatic heterocycles. The monoisotopic (exact) mass is 439 g/mol. The molecule has 170 valence electrons. The SMILES string of the molecule is CCOC(=O)C(C)(C(=O)OCC)C1=C[C@@H](/C=C/c2ccccc2)[C@H]2C(=O)N(C)C(=O)[C@H]2C1. The van der Waals surface area contributed by atoms with Crippen molar-refractivity contribution in [2.45, 2.75) is 27.2 Å². The van der Waals surface area contributed by atoms with E-state index in [0.717, 1.165) is 10.5 Å². The first-order valence-corrected chi connectivity index (χ1v) is 10.9. The lowest BCUT2D eigenvalue weighted by Crippen LogP contribution is -2.44. The van der Waals surface area contributed by atoms with Crippen LogP contribution in [0.5, 0.6) is 0 Å². The van der Waals surface area contributed by atoms with Crippen LogP contribution in [0.2, 0.25) is 0 Å². The Kier molecular flexibility index (Phi) is 6.96. The Bertz CT molecular complexity index is 946. The number of esters is 2. The molecule has 0 radical (unpaired) electrons. The number of hydrogen-bond donors (Lipinski definition) is 0. The van der Waals surface area contributed by atoms with Crippen molar-refractivity contribution in [2.24, 2.45) is 23.2 Å². The third kappa shape index (κ3) is 4.11. The molecular weight excluding hydrogens is 410 g/mol. The van der Waals surface area contributed by atoms with Gasteiger partial charge in [0.25, 0.3) is 0 Å². The molecule has 3 rings (SSSR count). The molecule has 1 fully saturated rings. The number of amides is 2. The number of rotatable bonds is 7. The first-order valence-electron chi connectivity index (χ1n) is 10.9. The zero-order valence-corrected chi connectivity index (χ0v) is 18.9. The lowest BCUT2D eigenvalue weighted by atomic mass is 9.67. The number of fused-ring (bicyclic) bond motifs is 1. The summed E-state index contributed by atoms with van der Waals surface area (Å²) >= 11 is 0. The highest BCUT2D eigenvalue weighted by molar-refractivity contribution is 6.07. The number of carbonyl (C=O) groups excluding carboxylic acids is 4. The van der Waals surface area contributed by atoms with Crippen LogP contribution in [-0.4, -0.2) is 48.9 Å². The molecule has 3 atom stereocenters. The lowest BCUT2D eigenvalue weighted by Gasteiger charge is -2.35. The van der Waals surface area contributed by atoms with Crippen LogP contribution >= 0.6 is 0 Å². The Hall–Kier alpha value is -3.22. The van der Waals surface area contributed by atoms with E-state index in [-0.39, 0.29) is 31.4 Å². The van der Waals surface area contributed by atoms with E-state index < -0.39 is 35.1 Å². The van der Waals surface area contributed by atoms with Crippen molar-refractivity contribution < 1.29 is 28.7 Å². The molecule has 1 saturated heterocycles. The number of hydrogen-bond acceptors (Lipinski definition) is 6. The van der Waals surface area contributed by atoms with Gasteiger partial charge in [0.1, 0.15) is 0 Å². The summed E-state index contributed by atoms with van der Waals surface area (Å²) in [4.78, 5) is 52.7. The van der Waals surface area contributed by atoms with Gasteiger partial charge in [0.15, 0.2) is 5.41 Å². The second kappa shape index (κ2) is 9.51. The number of benzene rings is 1. The van der Waals surface area contributed by atoms with Gasteiger partial charge in [-0.1, -0.05) is 48.6 Å². The summed E-state index contributed by atoms with van der Waals surface area (Å²) in [5.41, 5.74) is -0.316. The van der Waals surface area contributed by atoms with E-state index in [1.807, 2.05) is 42.5 Å². The van der Waals surface area contributed by atoms with Crippen molar-refractivity contribution in [3.8, 4) is 0 Å². The fourth-order valence-electron chi connectivity index (χ4n) is 4.42. The number of carbonyl (C=O) groups is 4. The van der Waals surface area contributed by atoms with Gasteiger partial charge in [-0.05, 0) is 38.3 Å². The fraction of sp³-hybridized carbons (Fsp3) is 0.440. The molecule has 0 saturated carbocycles. The molecule has 1 aromatic carbocycles. The molecule has 32 heavy (non-hydrogen) atoms. The Morgan fingerprint density at radius 2 is 1.66 bits per heavy atom. The summed E-state index contributed by atoms with van der Waals surface area (Å²) in [6.45, 7) is 5.00. The van der Waals surface area contributed by atoms with Crippen molar-refractivity contribution in [1.82, 2.24) is 4.90 Å². The minimum atomic E-state index is -1.69. The van der Waals surface area contributed by atoms with Gasteiger partial charge < -0.3 is 9.47 Å². The smallest absolute Gasteiger partial charge is 0.327 e. The summed E-state index contributed by atoms with van der Waals surface area (Å²) in [7, 11) is 1.47. The van der Waals surface area contributed by atoms with Crippen molar-refractivity contribution in [1.29, 1.82) is 0 Å². The molecule has 0 aromatic heterocycles. The number of allylic oxidation sites excluding steroid dienone is 2. The Morgan fingerprint density at radius 3 is 2.22 bits per heavy atom. The molecule has 1 heterocycles. The van der Waals surface area contributed by atoms with Crippen LogP contribution in [0.4, 0.5) is 0 Å². The standard InChI is InChI=1S/C25H29NO6/c1-5-31-23(29)25(3,24(30)32-6-2)18-14-17(13-12-16-10-8-7-9-11-16)20-19(15-18)21(27)26(4)22(20)28/h7-14,17,19-20H,5-6,15H2,1-4H3/b13-12+/t17-,19+,20-/m1/s1. The van der Waals surface area contributed by atoms with Gasteiger partial charge >= 0.3 is 11.9 Å². The summed E-state index contributed by atoms with van der Waals surface area (Å²) in [6, 6.07) is 9.57. The van der Waals surface area contributed by atoms with Gasteiger partial charge in [0.2, 0.25) is 11.8 Å². The molecule has 2 amide bonds. The number of ether oxygens (including phenoxy) is 2. The van der Waals surface area contributed by atoms with Crippen molar-refractivity contribution in [2.75, 3.05) is 20.3 Å². The summed E-state index contributed by atoms with van der Waals surface area (Å²) < 4.78 is 10.4. The molecule has 0 spiro atoms. The molecule has 1 aromatic rings. The zero-order valence-electron chi connectivity index (χ0n) is 18.9. The summed E-state index contributed by atoms with van der Waals surface area (Å²) in [6.07, 6.45) is 5.61. The van der Waals surface area contributed by atoms with Crippen molar-refractivity contribution in [3.05, 3.63) is 53.6 Å². The Morgan fingerprint density at radius 1 is 1.06 bits per heavy atom. The third-order valence-electron chi connectivity index (χ3n) is 6.27. The second-order valence-corrected chi connectivity index (χ2v) is 8.18. The van der Waals surface area contributed by atoms with Gasteiger partial charge in [-0.2, -0.15) is 0 Å². The van der Waals surface area contributed by atoms with Crippen LogP contribution in [0.1, 0.15) is 32.8 Å². The van der Waals surface area contributed by atoms with Gasteiger partial charge in [-0.25, -0.2) is 0 Å². The summed E-state index contributed by atoms with van der Waals surface area (Å²) in [5.74, 6) is -3.71. The highest BCUT2D eigenvalue weighted by Crippen LogP contribution is 2.47. The summed E-state index contributed by atoms with van der Waals surface area (Å²) in [5, 5.41) is 0. The average Bonchev–Trinajstić information content (AvgIpc) is 3.01. The van der Waals surface area contributed by atoms with E-state index in [1.54, 1.807) is 19.9 Å². The van der Waals surface area contributed by atoms with E-state index in [4.69, 9.17) is 9.47 Å². The highest BCUT2D eigenvalue weighted by Gasteiger charge is 2.56. The third-order valence-corrected chi connectivity index (χ3v) is 6.27. The Labute approximate surface area is 188 Å². The predicted octanol–water partition coefficient (Wildman–Crippen LogP) is 3.01. The fourth-order valence-corrected chi connectivity index (χ4v) is 4.42. The van der Waals surface area contributed by atoms with Crippen LogP contribution in [-0.2, 0) is 28.7 Å². The van der Waals surface area contributed by atoms with Gasteiger partial charge in [0, 0.05) is 13.0 Å². The van der Waals surface area contributed by atoms with E-state index in [0.29, 0.717) is 5.57 Å². The first-order chi connectivity index (χ1) is 15.2. The quantitative estimate of drug-likeness (QED) is 0.281. The van der Waals surface area contributed by atoms with E-state index in [1.165, 1.54) is 14.0 Å². The zero-order chi connectivity index (χ0) is 23.5. The molecular formula is C25H29NO6. The van der Waals surface area contributed by atoms with Crippen LogP contribution in [0.3, 0.4) is 0 Å². The second-order valence-electron chi connectivity index (χ2n) is 8.18. The van der Waals surface area contributed by atoms with E-state index in [9.17, 15) is 19.2 Å². The molecule has 0 bridgehead atoms. The highest BCUT2D eigenvalue weighted by atomic mass is 16.6. The maximum atomic E-state index is 12.9. The largest absolute Gasteiger partial charge is 0.465 e. The van der Waals surface area contributed by atoms with Crippen LogP contribution in [0, 0.1) is 23.2 Å².